The molecule has 0 bridgehead atoms. The average Bonchev–Trinajstić information content (AvgIpc) is 2.81. The second-order valence-electron chi connectivity index (χ2n) is 4.13. The van der Waals surface area contributed by atoms with Crippen molar-refractivity contribution in [1.82, 2.24) is 0 Å². The van der Waals surface area contributed by atoms with Crippen molar-refractivity contribution in [3.05, 3.63) is 24.3 Å². The normalized spacial score (nSPS) is 16.6. The van der Waals surface area contributed by atoms with Crippen LogP contribution in [0.3, 0.4) is 0 Å². The Morgan fingerprint density at radius 3 is 2.50 bits per heavy atom. The summed E-state index contributed by atoms with van der Waals surface area (Å²) in [6.07, 6.45) is 5.54. The van der Waals surface area contributed by atoms with Gasteiger partial charge in [0.1, 0.15) is 12.4 Å². The lowest BCUT2D eigenvalue weighted by atomic mass is 10.3. The average molecular weight is 237 g/mol. The van der Waals surface area contributed by atoms with Crippen molar-refractivity contribution < 1.29 is 4.74 Å². The number of hydrogen-bond donors (Lipinski definition) is 1. The summed E-state index contributed by atoms with van der Waals surface area (Å²) in [6.45, 7) is 1.16. The maximum atomic E-state index is 5.45. The SMILES string of the molecule is NCCOc1ccc(SC2CCCC2)cc1. The van der Waals surface area contributed by atoms with Crippen LogP contribution in [0.25, 0.3) is 0 Å². The van der Waals surface area contributed by atoms with Gasteiger partial charge < -0.3 is 10.5 Å². The van der Waals surface area contributed by atoms with E-state index in [2.05, 4.69) is 12.1 Å². The number of rotatable bonds is 5. The predicted octanol–water partition coefficient (Wildman–Crippen LogP) is 3.06. The molecule has 0 atom stereocenters. The Bertz CT molecular complexity index is 306. The highest BCUT2D eigenvalue weighted by Crippen LogP contribution is 2.35. The first-order chi connectivity index (χ1) is 7.88. The molecule has 88 valence electrons. The molecule has 1 saturated carbocycles. The minimum atomic E-state index is 0.568. The van der Waals surface area contributed by atoms with Crippen LogP contribution in [0.4, 0.5) is 0 Å². The molecule has 1 aromatic rings. The molecule has 0 unspecified atom stereocenters. The Balaban J connectivity index is 1.86. The zero-order valence-electron chi connectivity index (χ0n) is 9.52. The van der Waals surface area contributed by atoms with Crippen molar-refractivity contribution in [3.63, 3.8) is 0 Å². The summed E-state index contributed by atoms with van der Waals surface area (Å²) in [7, 11) is 0. The summed E-state index contributed by atoms with van der Waals surface area (Å²) < 4.78 is 5.45. The topological polar surface area (TPSA) is 35.2 Å². The summed E-state index contributed by atoms with van der Waals surface area (Å²) in [6, 6.07) is 8.36. The molecular formula is C13H19NOS. The summed E-state index contributed by atoms with van der Waals surface area (Å²) in [5.74, 6) is 0.918. The van der Waals surface area contributed by atoms with E-state index in [9.17, 15) is 0 Å². The van der Waals surface area contributed by atoms with E-state index in [0.717, 1.165) is 11.0 Å². The van der Waals surface area contributed by atoms with E-state index in [1.54, 1.807) is 0 Å². The molecule has 2 nitrogen and oxygen atoms in total. The lowest BCUT2D eigenvalue weighted by molar-refractivity contribution is 0.328. The van der Waals surface area contributed by atoms with Crippen molar-refractivity contribution in [3.8, 4) is 5.75 Å². The van der Waals surface area contributed by atoms with Crippen molar-refractivity contribution in [2.75, 3.05) is 13.2 Å². The van der Waals surface area contributed by atoms with Crippen LogP contribution in [-0.4, -0.2) is 18.4 Å². The van der Waals surface area contributed by atoms with Gasteiger partial charge >= 0.3 is 0 Å². The number of ether oxygens (including phenoxy) is 1. The van der Waals surface area contributed by atoms with Crippen LogP contribution >= 0.6 is 11.8 Å². The van der Waals surface area contributed by atoms with E-state index in [0.29, 0.717) is 13.2 Å². The van der Waals surface area contributed by atoms with Crippen LogP contribution in [0, 0.1) is 0 Å². The van der Waals surface area contributed by atoms with Crippen LogP contribution in [0.2, 0.25) is 0 Å². The maximum Gasteiger partial charge on any atom is 0.119 e. The second kappa shape index (κ2) is 6.16. The molecule has 0 amide bonds. The lowest BCUT2D eigenvalue weighted by Crippen LogP contribution is -2.10. The van der Waals surface area contributed by atoms with Crippen LogP contribution in [0.1, 0.15) is 25.7 Å². The minimum absolute atomic E-state index is 0.568. The van der Waals surface area contributed by atoms with Crippen molar-refractivity contribution in [1.29, 1.82) is 0 Å². The second-order valence-corrected chi connectivity index (χ2v) is 5.51. The highest BCUT2D eigenvalue weighted by Gasteiger charge is 2.15. The van der Waals surface area contributed by atoms with Crippen molar-refractivity contribution >= 4 is 11.8 Å². The van der Waals surface area contributed by atoms with Gasteiger partial charge in [0, 0.05) is 16.7 Å². The minimum Gasteiger partial charge on any atom is -0.492 e. The molecule has 1 aromatic carbocycles. The maximum absolute atomic E-state index is 5.45. The molecule has 1 aliphatic carbocycles. The highest BCUT2D eigenvalue weighted by molar-refractivity contribution is 8.00. The van der Waals surface area contributed by atoms with Gasteiger partial charge in [-0.25, -0.2) is 0 Å². The monoisotopic (exact) mass is 237 g/mol. The van der Waals surface area contributed by atoms with Gasteiger partial charge in [0.2, 0.25) is 0 Å². The zero-order valence-corrected chi connectivity index (χ0v) is 10.3. The Labute approximate surface area is 102 Å². The molecule has 0 saturated heterocycles. The van der Waals surface area contributed by atoms with E-state index in [-0.39, 0.29) is 0 Å². The molecule has 2 N–H and O–H groups in total. The van der Waals surface area contributed by atoms with Gasteiger partial charge in [-0.05, 0) is 37.1 Å². The van der Waals surface area contributed by atoms with E-state index >= 15 is 0 Å². The third kappa shape index (κ3) is 3.42. The lowest BCUT2D eigenvalue weighted by Gasteiger charge is -2.09. The van der Waals surface area contributed by atoms with E-state index in [1.165, 1.54) is 30.6 Å². The van der Waals surface area contributed by atoms with Gasteiger partial charge in [-0.3, -0.25) is 0 Å². The van der Waals surface area contributed by atoms with Crippen molar-refractivity contribution in [2.24, 2.45) is 5.73 Å². The Morgan fingerprint density at radius 2 is 1.88 bits per heavy atom. The summed E-state index contributed by atoms with van der Waals surface area (Å²) in [4.78, 5) is 1.35. The quantitative estimate of drug-likeness (QED) is 0.855. The van der Waals surface area contributed by atoms with Gasteiger partial charge in [0.25, 0.3) is 0 Å². The van der Waals surface area contributed by atoms with Crippen LogP contribution < -0.4 is 10.5 Å². The fourth-order valence-corrected chi connectivity index (χ4v) is 3.24. The number of hydrogen-bond acceptors (Lipinski definition) is 3. The molecule has 16 heavy (non-hydrogen) atoms. The van der Waals surface area contributed by atoms with Crippen LogP contribution in [0.15, 0.2) is 29.2 Å². The molecular weight excluding hydrogens is 218 g/mol. The molecule has 1 aliphatic rings. The standard InChI is InChI=1S/C13H19NOS/c14-9-10-15-11-5-7-13(8-6-11)16-12-3-1-2-4-12/h5-8,12H,1-4,9-10,14H2. The first kappa shape index (κ1) is 11.8. The number of nitrogens with two attached hydrogens (primary N) is 1. The number of thioether (sulfide) groups is 1. The van der Waals surface area contributed by atoms with Gasteiger partial charge in [0.15, 0.2) is 0 Å². The molecule has 0 heterocycles. The first-order valence-corrected chi connectivity index (χ1v) is 6.86. The van der Waals surface area contributed by atoms with Crippen molar-refractivity contribution in [2.45, 2.75) is 35.8 Å². The molecule has 2 rings (SSSR count). The van der Waals surface area contributed by atoms with Gasteiger partial charge in [-0.15, -0.1) is 11.8 Å². The largest absolute Gasteiger partial charge is 0.492 e. The van der Waals surface area contributed by atoms with Crippen LogP contribution in [0.5, 0.6) is 5.75 Å². The molecule has 0 aromatic heterocycles. The fourth-order valence-electron chi connectivity index (χ4n) is 1.99. The fraction of sp³-hybridized carbons (Fsp3) is 0.538. The third-order valence-corrected chi connectivity index (χ3v) is 4.16. The highest BCUT2D eigenvalue weighted by atomic mass is 32.2. The molecule has 1 fully saturated rings. The molecule has 0 radical (unpaired) electrons. The Morgan fingerprint density at radius 1 is 1.19 bits per heavy atom. The van der Waals surface area contributed by atoms with Gasteiger partial charge in [-0.2, -0.15) is 0 Å². The van der Waals surface area contributed by atoms with Gasteiger partial charge in [0.05, 0.1) is 0 Å². The smallest absolute Gasteiger partial charge is 0.119 e. The van der Waals surface area contributed by atoms with Gasteiger partial charge in [-0.1, -0.05) is 12.8 Å². The zero-order chi connectivity index (χ0) is 11.2. The van der Waals surface area contributed by atoms with E-state index in [1.807, 2.05) is 23.9 Å². The third-order valence-electron chi connectivity index (χ3n) is 2.82. The Kier molecular flexibility index (Phi) is 4.55. The number of benzene rings is 1. The summed E-state index contributed by atoms with van der Waals surface area (Å²) >= 11 is 2.00. The molecule has 0 aliphatic heterocycles. The summed E-state index contributed by atoms with van der Waals surface area (Å²) in [5.41, 5.74) is 5.39. The summed E-state index contributed by atoms with van der Waals surface area (Å²) in [5, 5.41) is 0.829. The first-order valence-electron chi connectivity index (χ1n) is 5.98. The van der Waals surface area contributed by atoms with E-state index < -0.39 is 0 Å². The Hall–Kier alpha value is -0.670. The van der Waals surface area contributed by atoms with Crippen LogP contribution in [-0.2, 0) is 0 Å². The molecule has 3 heteroatoms. The predicted molar refractivity (Wildman–Crippen MR) is 69.1 cm³/mol. The van der Waals surface area contributed by atoms with E-state index in [4.69, 9.17) is 10.5 Å². The molecule has 0 spiro atoms.